The lowest BCUT2D eigenvalue weighted by atomic mass is 10.0. The summed E-state index contributed by atoms with van der Waals surface area (Å²) in [6, 6.07) is 13.0. The van der Waals surface area contributed by atoms with Crippen LogP contribution in [0.1, 0.15) is 25.3 Å². The fraction of sp³-hybridized carbons (Fsp3) is 0.364. The molecule has 6 heteroatoms. The fourth-order valence-corrected chi connectivity index (χ4v) is 3.81. The van der Waals surface area contributed by atoms with Crippen LogP contribution in [0.25, 0.3) is 0 Å². The van der Waals surface area contributed by atoms with Crippen molar-refractivity contribution >= 4 is 29.2 Å². The van der Waals surface area contributed by atoms with Gasteiger partial charge in [-0.25, -0.2) is 4.39 Å². The molecule has 28 heavy (non-hydrogen) atoms. The Labute approximate surface area is 164 Å². The number of carbonyl (C=O) groups excluding carboxylic acids is 1. The summed E-state index contributed by atoms with van der Waals surface area (Å²) in [5, 5.41) is 2.71. The highest BCUT2D eigenvalue weighted by atomic mass is 19.1. The molecule has 2 aliphatic heterocycles. The Morgan fingerprint density at radius 1 is 1.11 bits per heavy atom. The van der Waals surface area contributed by atoms with Crippen LogP contribution in [0.2, 0.25) is 0 Å². The first kappa shape index (κ1) is 18.6. The van der Waals surface area contributed by atoms with Gasteiger partial charge in [0.15, 0.2) is 0 Å². The number of hydrogen-bond donors (Lipinski definition) is 1. The van der Waals surface area contributed by atoms with Crippen LogP contribution in [0.5, 0.6) is 0 Å². The average molecular weight is 380 g/mol. The molecule has 0 saturated carbocycles. The zero-order valence-electron chi connectivity index (χ0n) is 16.2. The predicted molar refractivity (Wildman–Crippen MR) is 111 cm³/mol. The first-order chi connectivity index (χ1) is 13.5. The van der Waals surface area contributed by atoms with Crippen molar-refractivity contribution in [3.8, 4) is 0 Å². The third kappa shape index (κ3) is 3.78. The normalized spacial score (nSPS) is 20.1. The van der Waals surface area contributed by atoms with Gasteiger partial charge in [0.05, 0.1) is 5.69 Å². The maximum absolute atomic E-state index is 13.3. The van der Waals surface area contributed by atoms with Gasteiger partial charge in [0.1, 0.15) is 11.7 Å². The molecule has 2 aromatic carbocycles. The number of rotatable bonds is 4. The minimum absolute atomic E-state index is 0.177. The number of benzene rings is 2. The van der Waals surface area contributed by atoms with Crippen LogP contribution in [0, 0.1) is 5.82 Å². The zero-order valence-corrected chi connectivity index (χ0v) is 16.2. The van der Waals surface area contributed by atoms with E-state index in [4.69, 9.17) is 0 Å². The van der Waals surface area contributed by atoms with Crippen molar-refractivity contribution in [1.82, 2.24) is 4.90 Å². The van der Waals surface area contributed by atoms with Crippen LogP contribution in [0.4, 0.5) is 21.5 Å². The van der Waals surface area contributed by atoms with Gasteiger partial charge in [-0.3, -0.25) is 14.7 Å². The lowest BCUT2D eigenvalue weighted by Crippen LogP contribution is -2.48. The fourth-order valence-electron chi connectivity index (χ4n) is 3.81. The van der Waals surface area contributed by atoms with Crippen molar-refractivity contribution in [2.45, 2.75) is 25.8 Å². The van der Waals surface area contributed by atoms with Crippen LogP contribution in [0.15, 0.2) is 47.5 Å². The second-order valence-corrected chi connectivity index (χ2v) is 7.61. The predicted octanol–water partition coefficient (Wildman–Crippen LogP) is 3.79. The Morgan fingerprint density at radius 2 is 1.82 bits per heavy atom. The summed E-state index contributed by atoms with van der Waals surface area (Å²) < 4.78 is 13.3. The Bertz CT molecular complexity index is 886. The van der Waals surface area contributed by atoms with E-state index in [9.17, 15) is 9.18 Å². The Morgan fingerprint density at radius 3 is 2.50 bits per heavy atom. The third-order valence-electron chi connectivity index (χ3n) is 5.52. The highest BCUT2D eigenvalue weighted by Crippen LogP contribution is 2.32. The highest BCUT2D eigenvalue weighted by molar-refractivity contribution is 6.12. The minimum atomic E-state index is -0.487. The SMILES string of the molecule is CC(C)N1CCN(c2ccc(N=CC3C(=O)Nc4cc(F)ccc43)cc2)CC1. The van der Waals surface area contributed by atoms with E-state index in [1.54, 1.807) is 12.3 Å². The van der Waals surface area contributed by atoms with Gasteiger partial charge in [-0.05, 0) is 55.8 Å². The molecule has 1 saturated heterocycles. The Kier molecular flexibility index (Phi) is 5.13. The van der Waals surface area contributed by atoms with Gasteiger partial charge in [0.2, 0.25) is 5.91 Å². The lowest BCUT2D eigenvalue weighted by Gasteiger charge is -2.38. The van der Waals surface area contributed by atoms with Crippen LogP contribution >= 0.6 is 0 Å². The number of amides is 1. The van der Waals surface area contributed by atoms with E-state index in [-0.39, 0.29) is 11.7 Å². The van der Waals surface area contributed by atoms with Crippen LogP contribution < -0.4 is 10.2 Å². The summed E-state index contributed by atoms with van der Waals surface area (Å²) >= 11 is 0. The molecule has 1 amide bonds. The van der Waals surface area contributed by atoms with E-state index in [1.165, 1.54) is 17.8 Å². The molecule has 1 fully saturated rings. The summed E-state index contributed by atoms with van der Waals surface area (Å²) in [5.41, 5.74) is 3.28. The van der Waals surface area contributed by atoms with Gasteiger partial charge in [0, 0.05) is 49.8 Å². The number of nitrogens with one attached hydrogen (secondary N) is 1. The van der Waals surface area contributed by atoms with Gasteiger partial charge in [0.25, 0.3) is 0 Å². The molecule has 1 atom stereocenters. The highest BCUT2D eigenvalue weighted by Gasteiger charge is 2.29. The number of aliphatic imine (C=N–C) groups is 1. The molecule has 146 valence electrons. The number of fused-ring (bicyclic) bond motifs is 1. The van der Waals surface area contributed by atoms with E-state index < -0.39 is 5.92 Å². The first-order valence-corrected chi connectivity index (χ1v) is 9.75. The maximum Gasteiger partial charge on any atom is 0.237 e. The zero-order chi connectivity index (χ0) is 19.7. The molecule has 4 rings (SSSR count). The van der Waals surface area contributed by atoms with Crippen LogP contribution in [0.3, 0.4) is 0 Å². The molecular weight excluding hydrogens is 355 g/mol. The molecule has 0 bridgehead atoms. The number of nitrogens with zero attached hydrogens (tertiary/aromatic N) is 3. The van der Waals surface area contributed by atoms with E-state index in [0.717, 1.165) is 37.4 Å². The van der Waals surface area contributed by atoms with Crippen molar-refractivity contribution < 1.29 is 9.18 Å². The quantitative estimate of drug-likeness (QED) is 0.821. The molecule has 0 spiro atoms. The number of piperazine rings is 1. The lowest BCUT2D eigenvalue weighted by molar-refractivity contribution is -0.115. The number of anilines is 2. The molecule has 2 heterocycles. The Hall–Kier alpha value is -2.73. The summed E-state index contributed by atoms with van der Waals surface area (Å²) in [7, 11) is 0. The second kappa shape index (κ2) is 7.72. The van der Waals surface area contributed by atoms with Gasteiger partial charge in [-0.1, -0.05) is 6.07 Å². The molecular formula is C22H25FN4O. The van der Waals surface area contributed by atoms with Crippen molar-refractivity contribution in [2.75, 3.05) is 36.4 Å². The van der Waals surface area contributed by atoms with Crippen molar-refractivity contribution in [1.29, 1.82) is 0 Å². The topological polar surface area (TPSA) is 47.9 Å². The summed E-state index contributed by atoms with van der Waals surface area (Å²) in [6.07, 6.45) is 1.63. The largest absolute Gasteiger partial charge is 0.369 e. The minimum Gasteiger partial charge on any atom is -0.369 e. The van der Waals surface area contributed by atoms with Crippen molar-refractivity contribution in [3.05, 3.63) is 53.8 Å². The van der Waals surface area contributed by atoms with Gasteiger partial charge in [-0.15, -0.1) is 0 Å². The van der Waals surface area contributed by atoms with Gasteiger partial charge in [-0.2, -0.15) is 0 Å². The van der Waals surface area contributed by atoms with Crippen molar-refractivity contribution in [2.24, 2.45) is 4.99 Å². The van der Waals surface area contributed by atoms with Gasteiger partial charge >= 0.3 is 0 Å². The molecule has 2 aliphatic rings. The smallest absolute Gasteiger partial charge is 0.237 e. The molecule has 0 aliphatic carbocycles. The van der Waals surface area contributed by atoms with E-state index >= 15 is 0 Å². The molecule has 0 aromatic heterocycles. The summed E-state index contributed by atoms with van der Waals surface area (Å²) in [5.74, 6) is -1.02. The Balaban J connectivity index is 1.42. The molecule has 1 unspecified atom stereocenters. The van der Waals surface area contributed by atoms with E-state index in [0.29, 0.717) is 11.7 Å². The second-order valence-electron chi connectivity index (χ2n) is 7.61. The number of carbonyl (C=O) groups is 1. The molecule has 2 aromatic rings. The summed E-state index contributed by atoms with van der Waals surface area (Å²) in [6.45, 7) is 8.68. The molecule has 1 N–H and O–H groups in total. The van der Waals surface area contributed by atoms with Gasteiger partial charge < -0.3 is 10.2 Å². The molecule has 0 radical (unpaired) electrons. The van der Waals surface area contributed by atoms with Crippen LogP contribution in [-0.4, -0.2) is 49.2 Å². The van der Waals surface area contributed by atoms with E-state index in [1.807, 2.05) is 12.1 Å². The summed E-state index contributed by atoms with van der Waals surface area (Å²) in [4.78, 5) is 21.5. The van der Waals surface area contributed by atoms with Crippen LogP contribution in [-0.2, 0) is 4.79 Å². The van der Waals surface area contributed by atoms with E-state index in [2.05, 4.69) is 46.1 Å². The number of hydrogen-bond acceptors (Lipinski definition) is 4. The monoisotopic (exact) mass is 380 g/mol. The first-order valence-electron chi connectivity index (χ1n) is 9.75. The van der Waals surface area contributed by atoms with Crippen molar-refractivity contribution in [3.63, 3.8) is 0 Å². The number of halogens is 1. The maximum atomic E-state index is 13.3. The third-order valence-corrected chi connectivity index (χ3v) is 5.52. The average Bonchev–Trinajstić information content (AvgIpc) is 3.01. The molecule has 5 nitrogen and oxygen atoms in total. The standard InChI is InChI=1S/C22H25FN4O/c1-15(2)26-9-11-27(12-10-26)18-6-4-17(5-7-18)24-14-20-19-8-3-16(23)13-21(19)25-22(20)28/h3-8,13-15,20H,9-12H2,1-2H3,(H,25,28).